The third-order valence-corrected chi connectivity index (χ3v) is 6.65. The number of morpholine rings is 1. The van der Waals surface area contributed by atoms with Crippen molar-refractivity contribution in [2.75, 3.05) is 72.1 Å². The van der Waals surface area contributed by atoms with Crippen LogP contribution in [0, 0.1) is 0 Å². The van der Waals surface area contributed by atoms with Gasteiger partial charge in [-0.15, -0.1) is 0 Å². The Kier molecular flexibility index (Phi) is 9.56. The molecule has 0 saturated carbocycles. The Labute approximate surface area is 207 Å². The van der Waals surface area contributed by atoms with Gasteiger partial charge in [-0.2, -0.15) is 0 Å². The Balaban J connectivity index is 1.25. The van der Waals surface area contributed by atoms with Crippen LogP contribution in [0.3, 0.4) is 0 Å². The lowest BCUT2D eigenvalue weighted by Crippen LogP contribution is -2.49. The predicted molar refractivity (Wildman–Crippen MR) is 133 cm³/mol. The second-order valence-corrected chi connectivity index (χ2v) is 9.08. The Bertz CT molecular complexity index is 915. The van der Waals surface area contributed by atoms with Crippen LogP contribution in [0.1, 0.15) is 28.9 Å². The average Bonchev–Trinajstić information content (AvgIpc) is 2.92. The molecule has 2 aliphatic rings. The van der Waals surface area contributed by atoms with Gasteiger partial charge in [-0.3, -0.25) is 24.4 Å². The number of amides is 2. The van der Waals surface area contributed by atoms with E-state index >= 15 is 0 Å². The van der Waals surface area contributed by atoms with Crippen molar-refractivity contribution in [2.45, 2.75) is 19.4 Å². The van der Waals surface area contributed by atoms with Crippen LogP contribution in [0.2, 0.25) is 0 Å². The number of rotatable bonds is 10. The van der Waals surface area contributed by atoms with Crippen LogP contribution < -0.4 is 0 Å². The van der Waals surface area contributed by atoms with Gasteiger partial charge >= 0.3 is 0 Å². The van der Waals surface area contributed by atoms with Gasteiger partial charge in [0, 0.05) is 84.3 Å². The van der Waals surface area contributed by atoms with Gasteiger partial charge in [0.25, 0.3) is 5.91 Å². The molecule has 1 aromatic carbocycles. The lowest BCUT2D eigenvalue weighted by atomic mass is 10.2. The largest absolute Gasteiger partial charge is 0.379 e. The number of benzene rings is 1. The maximum atomic E-state index is 13.1. The smallest absolute Gasteiger partial charge is 0.274 e. The number of carbonyl (C=O) groups is 2. The molecule has 0 N–H and O–H groups in total. The zero-order valence-electron chi connectivity index (χ0n) is 20.4. The Morgan fingerprint density at radius 1 is 0.914 bits per heavy atom. The van der Waals surface area contributed by atoms with E-state index in [1.807, 2.05) is 11.0 Å². The molecule has 188 valence electrons. The normalized spacial score (nSPS) is 17.3. The number of piperazine rings is 1. The molecule has 4 rings (SSSR count). The standard InChI is InChI=1S/C26H36N6O3/c33-25(31-15-13-30(14-16-31)22-23-5-2-1-3-6-23)7-12-32(26(34)24-21-27-8-9-28-24)11-4-10-29-17-19-35-20-18-29/h1-3,5-6,8-9,21H,4,7,10-20,22H2. The molecule has 0 bridgehead atoms. The number of nitrogens with zero attached hydrogens (tertiary/aromatic N) is 6. The quantitative estimate of drug-likeness (QED) is 0.508. The fourth-order valence-electron chi connectivity index (χ4n) is 4.58. The molecular weight excluding hydrogens is 444 g/mol. The SMILES string of the molecule is O=C(CCN(CCCN1CCOCC1)C(=O)c1cnccn1)N1CCN(Cc2ccccc2)CC1. The van der Waals surface area contributed by atoms with E-state index in [0.717, 1.165) is 72.0 Å². The van der Waals surface area contributed by atoms with Crippen LogP contribution in [0.5, 0.6) is 0 Å². The molecule has 0 spiro atoms. The fourth-order valence-corrected chi connectivity index (χ4v) is 4.58. The zero-order chi connectivity index (χ0) is 24.3. The minimum atomic E-state index is -0.166. The monoisotopic (exact) mass is 480 g/mol. The van der Waals surface area contributed by atoms with Crippen LogP contribution in [-0.2, 0) is 16.1 Å². The molecule has 0 radical (unpaired) electrons. The molecule has 2 amide bonds. The predicted octanol–water partition coefficient (Wildman–Crippen LogP) is 1.38. The Morgan fingerprint density at radius 2 is 1.69 bits per heavy atom. The number of carbonyl (C=O) groups excluding carboxylic acids is 2. The summed E-state index contributed by atoms with van der Waals surface area (Å²) in [6, 6.07) is 10.4. The Morgan fingerprint density at radius 3 is 2.40 bits per heavy atom. The van der Waals surface area contributed by atoms with E-state index in [-0.39, 0.29) is 11.8 Å². The summed E-state index contributed by atoms with van der Waals surface area (Å²) in [5, 5.41) is 0. The van der Waals surface area contributed by atoms with Gasteiger partial charge < -0.3 is 14.5 Å². The number of aromatic nitrogens is 2. The summed E-state index contributed by atoms with van der Waals surface area (Å²) in [5.41, 5.74) is 1.61. The van der Waals surface area contributed by atoms with E-state index in [1.54, 1.807) is 11.1 Å². The topological polar surface area (TPSA) is 82.1 Å². The molecule has 2 saturated heterocycles. The highest BCUT2D eigenvalue weighted by Crippen LogP contribution is 2.11. The minimum absolute atomic E-state index is 0.106. The van der Waals surface area contributed by atoms with Gasteiger partial charge in [-0.1, -0.05) is 30.3 Å². The first kappa shape index (κ1) is 25.2. The van der Waals surface area contributed by atoms with Crippen LogP contribution in [0.4, 0.5) is 0 Å². The second-order valence-electron chi connectivity index (χ2n) is 9.08. The molecule has 1 aromatic heterocycles. The summed E-state index contributed by atoms with van der Waals surface area (Å²) in [6.07, 6.45) is 5.74. The Hall–Kier alpha value is -2.88. The molecule has 2 aliphatic heterocycles. The lowest BCUT2D eigenvalue weighted by molar-refractivity contribution is -0.133. The van der Waals surface area contributed by atoms with Crippen molar-refractivity contribution >= 4 is 11.8 Å². The third-order valence-electron chi connectivity index (χ3n) is 6.65. The molecule has 0 unspecified atom stereocenters. The van der Waals surface area contributed by atoms with E-state index in [0.29, 0.717) is 25.2 Å². The van der Waals surface area contributed by atoms with Crippen molar-refractivity contribution in [2.24, 2.45) is 0 Å². The van der Waals surface area contributed by atoms with E-state index < -0.39 is 0 Å². The number of hydrogen-bond donors (Lipinski definition) is 0. The first-order valence-corrected chi connectivity index (χ1v) is 12.6. The van der Waals surface area contributed by atoms with Crippen molar-refractivity contribution < 1.29 is 14.3 Å². The zero-order valence-corrected chi connectivity index (χ0v) is 20.4. The molecule has 2 fully saturated rings. The van der Waals surface area contributed by atoms with Crippen LogP contribution in [0.25, 0.3) is 0 Å². The van der Waals surface area contributed by atoms with E-state index in [1.165, 1.54) is 18.0 Å². The minimum Gasteiger partial charge on any atom is -0.379 e. The molecule has 9 nitrogen and oxygen atoms in total. The van der Waals surface area contributed by atoms with Crippen molar-refractivity contribution in [1.29, 1.82) is 0 Å². The summed E-state index contributed by atoms with van der Waals surface area (Å²) in [4.78, 5) is 42.7. The average molecular weight is 481 g/mol. The van der Waals surface area contributed by atoms with Crippen LogP contribution in [-0.4, -0.2) is 113 Å². The van der Waals surface area contributed by atoms with Gasteiger partial charge in [0.2, 0.25) is 5.91 Å². The van der Waals surface area contributed by atoms with Crippen molar-refractivity contribution in [3.63, 3.8) is 0 Å². The molecule has 0 aliphatic carbocycles. The van der Waals surface area contributed by atoms with Gasteiger partial charge in [0.15, 0.2) is 0 Å². The first-order valence-electron chi connectivity index (χ1n) is 12.6. The molecule has 0 atom stereocenters. The highest BCUT2D eigenvalue weighted by atomic mass is 16.5. The van der Waals surface area contributed by atoms with Gasteiger partial charge in [0.05, 0.1) is 19.4 Å². The summed E-state index contributed by atoms with van der Waals surface area (Å²) >= 11 is 0. The number of hydrogen-bond acceptors (Lipinski definition) is 7. The van der Waals surface area contributed by atoms with Gasteiger partial charge in [-0.25, -0.2) is 4.98 Å². The van der Waals surface area contributed by atoms with E-state index in [9.17, 15) is 9.59 Å². The summed E-state index contributed by atoms with van der Waals surface area (Å²) in [5.74, 6) is -0.0601. The molecule has 35 heavy (non-hydrogen) atoms. The summed E-state index contributed by atoms with van der Waals surface area (Å²) < 4.78 is 5.42. The molecule has 9 heteroatoms. The number of ether oxygens (including phenoxy) is 1. The highest BCUT2D eigenvalue weighted by Gasteiger charge is 2.24. The molecular formula is C26H36N6O3. The maximum Gasteiger partial charge on any atom is 0.274 e. The van der Waals surface area contributed by atoms with Crippen molar-refractivity contribution in [3.05, 3.63) is 60.2 Å². The fraction of sp³-hybridized carbons (Fsp3) is 0.538. The summed E-state index contributed by atoms with van der Waals surface area (Å²) in [7, 11) is 0. The van der Waals surface area contributed by atoms with Crippen LogP contribution in [0.15, 0.2) is 48.9 Å². The van der Waals surface area contributed by atoms with Crippen molar-refractivity contribution in [1.82, 2.24) is 29.6 Å². The van der Waals surface area contributed by atoms with E-state index in [4.69, 9.17) is 4.74 Å². The maximum absolute atomic E-state index is 13.1. The molecule has 2 aromatic rings. The third kappa shape index (κ3) is 7.81. The van der Waals surface area contributed by atoms with E-state index in [2.05, 4.69) is 44.0 Å². The highest BCUT2D eigenvalue weighted by molar-refractivity contribution is 5.92. The van der Waals surface area contributed by atoms with Gasteiger partial charge in [0.1, 0.15) is 5.69 Å². The summed E-state index contributed by atoms with van der Waals surface area (Å²) in [6.45, 7) is 9.33. The second kappa shape index (κ2) is 13.3. The lowest BCUT2D eigenvalue weighted by Gasteiger charge is -2.35. The van der Waals surface area contributed by atoms with Crippen LogP contribution >= 0.6 is 0 Å². The first-order chi connectivity index (χ1) is 17.2. The van der Waals surface area contributed by atoms with Crippen molar-refractivity contribution in [3.8, 4) is 0 Å². The molecule has 3 heterocycles. The van der Waals surface area contributed by atoms with Gasteiger partial charge in [-0.05, 0) is 12.0 Å².